The lowest BCUT2D eigenvalue weighted by atomic mass is 10.2. The first-order chi connectivity index (χ1) is 10.0. The molecular formula is C14H15N5O2. The van der Waals surface area contributed by atoms with Gasteiger partial charge in [0.2, 0.25) is 5.95 Å². The summed E-state index contributed by atoms with van der Waals surface area (Å²) in [5.41, 5.74) is 7.38. The lowest BCUT2D eigenvalue weighted by molar-refractivity contribution is 0.390. The van der Waals surface area contributed by atoms with Crippen molar-refractivity contribution in [2.75, 3.05) is 17.7 Å². The Labute approximate surface area is 120 Å². The van der Waals surface area contributed by atoms with Crippen LogP contribution in [-0.2, 0) is 6.54 Å². The SMILES string of the molecule is Cc1cc(CN(C)c2nc3ccc(N)cc3c(=O)[nH]2)no1. The number of nitrogens with two attached hydrogens (primary N) is 1. The molecule has 0 aliphatic heterocycles. The molecule has 3 rings (SSSR count). The molecular weight excluding hydrogens is 270 g/mol. The van der Waals surface area contributed by atoms with Crippen molar-refractivity contribution in [1.82, 2.24) is 15.1 Å². The molecule has 0 unspecified atom stereocenters. The third kappa shape index (κ3) is 2.58. The molecule has 0 spiro atoms. The summed E-state index contributed by atoms with van der Waals surface area (Å²) < 4.78 is 5.03. The molecule has 2 heterocycles. The lowest BCUT2D eigenvalue weighted by Crippen LogP contribution is -2.23. The topological polar surface area (TPSA) is 101 Å². The van der Waals surface area contributed by atoms with E-state index in [1.165, 1.54) is 0 Å². The quantitative estimate of drug-likeness (QED) is 0.706. The number of H-pyrrole nitrogens is 1. The molecule has 7 nitrogen and oxygen atoms in total. The Balaban J connectivity index is 1.96. The molecule has 0 radical (unpaired) electrons. The Hall–Kier alpha value is -2.83. The van der Waals surface area contributed by atoms with Gasteiger partial charge in [-0.1, -0.05) is 5.16 Å². The van der Waals surface area contributed by atoms with E-state index in [1.807, 2.05) is 20.0 Å². The van der Waals surface area contributed by atoms with Crippen LogP contribution < -0.4 is 16.2 Å². The number of hydrogen-bond donors (Lipinski definition) is 2. The highest BCUT2D eigenvalue weighted by molar-refractivity contribution is 5.81. The van der Waals surface area contributed by atoms with Gasteiger partial charge in [0.05, 0.1) is 17.4 Å². The molecule has 0 saturated heterocycles. The van der Waals surface area contributed by atoms with Crippen LogP contribution >= 0.6 is 0 Å². The Morgan fingerprint density at radius 3 is 2.90 bits per heavy atom. The number of anilines is 2. The molecule has 7 heteroatoms. The maximum Gasteiger partial charge on any atom is 0.260 e. The summed E-state index contributed by atoms with van der Waals surface area (Å²) in [7, 11) is 1.82. The molecule has 21 heavy (non-hydrogen) atoms. The summed E-state index contributed by atoms with van der Waals surface area (Å²) in [4.78, 5) is 21.1. The number of nitrogen functional groups attached to an aromatic ring is 1. The molecule has 0 saturated carbocycles. The van der Waals surface area contributed by atoms with E-state index in [-0.39, 0.29) is 5.56 Å². The first-order valence-electron chi connectivity index (χ1n) is 6.46. The van der Waals surface area contributed by atoms with Gasteiger partial charge in [0.25, 0.3) is 5.56 Å². The number of hydrogen-bond acceptors (Lipinski definition) is 6. The van der Waals surface area contributed by atoms with Crippen molar-refractivity contribution in [3.8, 4) is 0 Å². The fourth-order valence-electron chi connectivity index (χ4n) is 2.14. The van der Waals surface area contributed by atoms with Crippen LogP contribution in [0.25, 0.3) is 10.9 Å². The van der Waals surface area contributed by atoms with Crippen LogP contribution in [-0.4, -0.2) is 22.2 Å². The van der Waals surface area contributed by atoms with Gasteiger partial charge in [0.1, 0.15) is 11.5 Å². The number of aromatic nitrogens is 3. The number of aryl methyl sites for hydroxylation is 1. The van der Waals surface area contributed by atoms with E-state index in [4.69, 9.17) is 10.3 Å². The van der Waals surface area contributed by atoms with Crippen molar-refractivity contribution in [1.29, 1.82) is 0 Å². The van der Waals surface area contributed by atoms with E-state index in [9.17, 15) is 4.79 Å². The minimum Gasteiger partial charge on any atom is -0.399 e. The van der Waals surface area contributed by atoms with Crippen molar-refractivity contribution in [3.05, 3.63) is 46.1 Å². The van der Waals surface area contributed by atoms with Gasteiger partial charge in [-0.2, -0.15) is 0 Å². The monoisotopic (exact) mass is 285 g/mol. The smallest absolute Gasteiger partial charge is 0.260 e. The zero-order chi connectivity index (χ0) is 15.0. The number of nitrogens with one attached hydrogen (secondary N) is 1. The van der Waals surface area contributed by atoms with E-state index >= 15 is 0 Å². The molecule has 0 aliphatic rings. The predicted octanol–water partition coefficient (Wildman–Crippen LogP) is 1.44. The second-order valence-electron chi connectivity index (χ2n) is 4.95. The van der Waals surface area contributed by atoms with E-state index in [0.717, 1.165) is 11.5 Å². The lowest BCUT2D eigenvalue weighted by Gasteiger charge is -2.16. The molecule has 0 atom stereocenters. The van der Waals surface area contributed by atoms with Gasteiger partial charge in [0, 0.05) is 18.8 Å². The van der Waals surface area contributed by atoms with Gasteiger partial charge in [-0.3, -0.25) is 9.78 Å². The maximum absolute atomic E-state index is 12.1. The van der Waals surface area contributed by atoms with E-state index < -0.39 is 0 Å². The normalized spacial score (nSPS) is 11.0. The molecule has 2 aromatic heterocycles. The highest BCUT2D eigenvalue weighted by Crippen LogP contribution is 2.15. The minimum atomic E-state index is -0.217. The summed E-state index contributed by atoms with van der Waals surface area (Å²) in [6, 6.07) is 6.92. The highest BCUT2D eigenvalue weighted by Gasteiger charge is 2.10. The fraction of sp³-hybridized carbons (Fsp3) is 0.214. The van der Waals surface area contributed by atoms with Crippen molar-refractivity contribution in [2.45, 2.75) is 13.5 Å². The van der Waals surface area contributed by atoms with Gasteiger partial charge >= 0.3 is 0 Å². The maximum atomic E-state index is 12.1. The molecule has 0 fully saturated rings. The van der Waals surface area contributed by atoms with Crippen LogP contribution in [0.4, 0.5) is 11.6 Å². The Bertz CT molecular complexity index is 852. The summed E-state index contributed by atoms with van der Waals surface area (Å²) in [6.07, 6.45) is 0. The predicted molar refractivity (Wildman–Crippen MR) is 80.1 cm³/mol. The molecule has 0 bridgehead atoms. The van der Waals surface area contributed by atoms with E-state index in [1.54, 1.807) is 23.1 Å². The number of nitrogens with zero attached hydrogens (tertiary/aromatic N) is 3. The van der Waals surface area contributed by atoms with Crippen molar-refractivity contribution in [2.24, 2.45) is 0 Å². The van der Waals surface area contributed by atoms with Crippen LogP contribution in [0.3, 0.4) is 0 Å². The number of aromatic amines is 1. The number of fused-ring (bicyclic) bond motifs is 1. The van der Waals surface area contributed by atoms with Gasteiger partial charge in [-0.25, -0.2) is 4.98 Å². The molecule has 3 N–H and O–H groups in total. The molecule has 0 aliphatic carbocycles. The van der Waals surface area contributed by atoms with Crippen LogP contribution in [0.2, 0.25) is 0 Å². The minimum absolute atomic E-state index is 0.217. The molecule has 3 aromatic rings. The Kier molecular flexibility index (Phi) is 3.09. The third-order valence-corrected chi connectivity index (χ3v) is 3.15. The summed E-state index contributed by atoms with van der Waals surface area (Å²) >= 11 is 0. The molecule has 0 amide bonds. The molecule has 1 aromatic carbocycles. The van der Waals surface area contributed by atoms with Crippen molar-refractivity contribution in [3.63, 3.8) is 0 Å². The summed E-state index contributed by atoms with van der Waals surface area (Å²) in [6.45, 7) is 2.32. The standard InChI is InChI=1S/C14H15N5O2/c1-8-5-10(18-21-8)7-19(2)14-16-12-4-3-9(15)6-11(12)13(20)17-14/h3-6H,7,15H2,1-2H3,(H,16,17,20). The Morgan fingerprint density at radius 2 is 2.19 bits per heavy atom. The van der Waals surface area contributed by atoms with Crippen molar-refractivity contribution >= 4 is 22.5 Å². The van der Waals surface area contributed by atoms with Gasteiger partial charge in [-0.05, 0) is 25.1 Å². The highest BCUT2D eigenvalue weighted by atomic mass is 16.5. The first kappa shape index (κ1) is 13.2. The average Bonchev–Trinajstić information content (AvgIpc) is 2.84. The van der Waals surface area contributed by atoms with Gasteiger partial charge in [-0.15, -0.1) is 0 Å². The second-order valence-corrected chi connectivity index (χ2v) is 4.95. The van der Waals surface area contributed by atoms with Crippen LogP contribution in [0.15, 0.2) is 33.6 Å². The van der Waals surface area contributed by atoms with Gasteiger partial charge in [0.15, 0.2) is 0 Å². The largest absolute Gasteiger partial charge is 0.399 e. The van der Waals surface area contributed by atoms with Crippen LogP contribution in [0, 0.1) is 6.92 Å². The van der Waals surface area contributed by atoms with Crippen molar-refractivity contribution < 1.29 is 4.52 Å². The average molecular weight is 285 g/mol. The van der Waals surface area contributed by atoms with Crippen LogP contribution in [0.1, 0.15) is 11.5 Å². The summed E-state index contributed by atoms with van der Waals surface area (Å²) in [5.74, 6) is 1.21. The van der Waals surface area contributed by atoms with Gasteiger partial charge < -0.3 is 15.2 Å². The Morgan fingerprint density at radius 1 is 1.38 bits per heavy atom. The third-order valence-electron chi connectivity index (χ3n) is 3.15. The zero-order valence-corrected chi connectivity index (χ0v) is 11.8. The zero-order valence-electron chi connectivity index (χ0n) is 11.8. The number of benzene rings is 1. The molecule has 108 valence electrons. The second kappa shape index (κ2) is 4.93. The first-order valence-corrected chi connectivity index (χ1v) is 6.46. The van der Waals surface area contributed by atoms with Crippen LogP contribution in [0.5, 0.6) is 0 Å². The number of rotatable bonds is 3. The fourth-order valence-corrected chi connectivity index (χ4v) is 2.14. The summed E-state index contributed by atoms with van der Waals surface area (Å²) in [5, 5.41) is 4.40. The van der Waals surface area contributed by atoms with E-state index in [0.29, 0.717) is 29.1 Å². The van der Waals surface area contributed by atoms with E-state index in [2.05, 4.69) is 15.1 Å².